The summed E-state index contributed by atoms with van der Waals surface area (Å²) in [5.41, 5.74) is 1.23. The van der Waals surface area contributed by atoms with Crippen molar-refractivity contribution in [3.63, 3.8) is 0 Å². The maximum atomic E-state index is 13.3. The standard InChI is InChI=1S/C24H23ClN4O2S/c25-18-7-4-8-19(17-18)27-24(31)29-14-6-13-28(15-16-29)23(30)21-11-5-12-26-22(21)32-20-9-2-1-3-10-20/h1-5,7-12,17H,6,13-16H2,(H,27,31). The number of nitrogens with one attached hydrogen (secondary N) is 1. The van der Waals surface area contributed by atoms with Crippen LogP contribution in [0.3, 0.4) is 0 Å². The molecule has 4 rings (SSSR count). The lowest BCUT2D eigenvalue weighted by atomic mass is 10.2. The molecule has 0 radical (unpaired) electrons. The Morgan fingerprint density at radius 3 is 2.50 bits per heavy atom. The van der Waals surface area contributed by atoms with Crippen LogP contribution in [0.4, 0.5) is 10.5 Å². The third-order valence-corrected chi connectivity index (χ3v) is 6.37. The summed E-state index contributed by atoms with van der Waals surface area (Å²) in [5.74, 6) is -0.0615. The molecule has 164 valence electrons. The lowest BCUT2D eigenvalue weighted by Gasteiger charge is -2.23. The van der Waals surface area contributed by atoms with Gasteiger partial charge in [-0.15, -0.1) is 0 Å². The first-order valence-corrected chi connectivity index (χ1v) is 11.6. The Labute approximate surface area is 196 Å². The summed E-state index contributed by atoms with van der Waals surface area (Å²) < 4.78 is 0. The summed E-state index contributed by atoms with van der Waals surface area (Å²) in [6.45, 7) is 2.09. The molecule has 0 aliphatic carbocycles. The van der Waals surface area contributed by atoms with Gasteiger partial charge in [0.25, 0.3) is 5.91 Å². The maximum absolute atomic E-state index is 13.3. The summed E-state index contributed by atoms with van der Waals surface area (Å²) in [4.78, 5) is 35.0. The average molecular weight is 467 g/mol. The van der Waals surface area contributed by atoms with Crippen molar-refractivity contribution in [3.05, 3.63) is 83.5 Å². The highest BCUT2D eigenvalue weighted by Crippen LogP contribution is 2.29. The molecule has 0 spiro atoms. The van der Waals surface area contributed by atoms with E-state index in [4.69, 9.17) is 11.6 Å². The first-order chi connectivity index (χ1) is 15.6. The molecule has 0 atom stereocenters. The molecule has 1 aliphatic heterocycles. The van der Waals surface area contributed by atoms with E-state index in [9.17, 15) is 9.59 Å². The number of aromatic nitrogens is 1. The van der Waals surface area contributed by atoms with E-state index in [1.54, 1.807) is 46.3 Å². The number of benzene rings is 2. The van der Waals surface area contributed by atoms with Gasteiger partial charge in [-0.05, 0) is 48.9 Å². The zero-order valence-electron chi connectivity index (χ0n) is 17.4. The van der Waals surface area contributed by atoms with Gasteiger partial charge in [0.2, 0.25) is 0 Å². The van der Waals surface area contributed by atoms with E-state index in [0.29, 0.717) is 53.9 Å². The van der Waals surface area contributed by atoms with Gasteiger partial charge in [0.15, 0.2) is 0 Å². The minimum absolute atomic E-state index is 0.0615. The van der Waals surface area contributed by atoms with Gasteiger partial charge in [-0.2, -0.15) is 0 Å². The molecule has 8 heteroatoms. The summed E-state index contributed by atoms with van der Waals surface area (Å²) in [6, 6.07) is 20.3. The number of pyridine rings is 1. The minimum Gasteiger partial charge on any atom is -0.337 e. The highest BCUT2D eigenvalue weighted by Gasteiger charge is 2.25. The van der Waals surface area contributed by atoms with E-state index in [-0.39, 0.29) is 11.9 Å². The van der Waals surface area contributed by atoms with Gasteiger partial charge < -0.3 is 15.1 Å². The van der Waals surface area contributed by atoms with Crippen molar-refractivity contribution in [1.29, 1.82) is 0 Å². The van der Waals surface area contributed by atoms with Crippen molar-refractivity contribution in [1.82, 2.24) is 14.8 Å². The summed E-state index contributed by atoms with van der Waals surface area (Å²) in [5, 5.41) is 4.13. The number of urea groups is 1. The molecule has 1 N–H and O–H groups in total. The molecule has 0 saturated carbocycles. The fourth-order valence-corrected chi connectivity index (χ4v) is 4.58. The Morgan fingerprint density at radius 1 is 0.906 bits per heavy atom. The number of nitrogens with zero attached hydrogens (tertiary/aromatic N) is 3. The molecular formula is C24H23ClN4O2S. The number of hydrogen-bond donors (Lipinski definition) is 1. The van der Waals surface area contributed by atoms with Crippen molar-refractivity contribution < 1.29 is 9.59 Å². The van der Waals surface area contributed by atoms with Crippen LogP contribution < -0.4 is 5.32 Å². The van der Waals surface area contributed by atoms with Gasteiger partial charge in [-0.1, -0.05) is 47.6 Å². The molecule has 32 heavy (non-hydrogen) atoms. The van der Waals surface area contributed by atoms with Crippen LogP contribution in [0, 0.1) is 0 Å². The lowest BCUT2D eigenvalue weighted by molar-refractivity contribution is 0.0758. The third kappa shape index (κ3) is 5.60. The van der Waals surface area contributed by atoms with Crippen molar-refractivity contribution >= 4 is 41.0 Å². The third-order valence-electron chi connectivity index (χ3n) is 5.11. The Bertz CT molecular complexity index is 1100. The second kappa shape index (κ2) is 10.5. The molecule has 3 amide bonds. The normalized spacial score (nSPS) is 14.0. The second-order valence-electron chi connectivity index (χ2n) is 7.34. The molecule has 6 nitrogen and oxygen atoms in total. The Morgan fingerprint density at radius 2 is 1.69 bits per heavy atom. The molecule has 1 fully saturated rings. The molecule has 0 bridgehead atoms. The number of rotatable bonds is 4. The van der Waals surface area contributed by atoms with Crippen LogP contribution in [-0.2, 0) is 0 Å². The van der Waals surface area contributed by atoms with E-state index in [1.165, 1.54) is 11.8 Å². The Hall–Kier alpha value is -3.03. The predicted octanol–water partition coefficient (Wildman–Crippen LogP) is 5.27. The van der Waals surface area contributed by atoms with Crippen LogP contribution in [0.5, 0.6) is 0 Å². The molecule has 2 aromatic carbocycles. The highest BCUT2D eigenvalue weighted by molar-refractivity contribution is 7.99. The van der Waals surface area contributed by atoms with E-state index in [2.05, 4.69) is 10.3 Å². The molecule has 3 aromatic rings. The van der Waals surface area contributed by atoms with E-state index in [1.807, 2.05) is 36.4 Å². The van der Waals surface area contributed by atoms with E-state index in [0.717, 1.165) is 4.90 Å². The number of carbonyl (C=O) groups excluding carboxylic acids is 2. The lowest BCUT2D eigenvalue weighted by Crippen LogP contribution is -2.39. The molecule has 2 heterocycles. The number of amides is 3. The number of halogens is 1. The Kier molecular flexibility index (Phi) is 7.29. The van der Waals surface area contributed by atoms with Gasteiger partial charge in [-0.25, -0.2) is 9.78 Å². The first-order valence-electron chi connectivity index (χ1n) is 10.4. The average Bonchev–Trinajstić information content (AvgIpc) is 3.06. The maximum Gasteiger partial charge on any atom is 0.321 e. The number of carbonyl (C=O) groups is 2. The van der Waals surface area contributed by atoms with Crippen LogP contribution >= 0.6 is 23.4 Å². The van der Waals surface area contributed by atoms with Crippen LogP contribution in [0.15, 0.2) is 82.8 Å². The fraction of sp³-hybridized carbons (Fsp3) is 0.208. The van der Waals surface area contributed by atoms with Gasteiger partial charge in [0.1, 0.15) is 5.03 Å². The SMILES string of the molecule is O=C(Nc1cccc(Cl)c1)N1CCCN(C(=O)c2cccnc2Sc2ccccc2)CC1. The van der Waals surface area contributed by atoms with E-state index >= 15 is 0 Å². The van der Waals surface area contributed by atoms with E-state index < -0.39 is 0 Å². The highest BCUT2D eigenvalue weighted by atomic mass is 35.5. The van der Waals surface area contributed by atoms with Gasteiger partial charge in [0, 0.05) is 48.0 Å². The van der Waals surface area contributed by atoms with Crippen LogP contribution in [0.2, 0.25) is 5.02 Å². The smallest absolute Gasteiger partial charge is 0.321 e. The van der Waals surface area contributed by atoms with Crippen molar-refractivity contribution in [3.8, 4) is 0 Å². The van der Waals surface area contributed by atoms with Gasteiger partial charge in [0.05, 0.1) is 5.56 Å². The summed E-state index contributed by atoms with van der Waals surface area (Å²) in [6.07, 6.45) is 2.41. The van der Waals surface area contributed by atoms with Crippen molar-refractivity contribution in [2.45, 2.75) is 16.3 Å². The topological polar surface area (TPSA) is 65.5 Å². The number of anilines is 1. The fourth-order valence-electron chi connectivity index (χ4n) is 3.50. The zero-order chi connectivity index (χ0) is 22.3. The molecule has 1 saturated heterocycles. The molecule has 1 aliphatic rings. The van der Waals surface area contributed by atoms with Crippen LogP contribution in [-0.4, -0.2) is 52.9 Å². The Balaban J connectivity index is 1.41. The van der Waals surface area contributed by atoms with Crippen molar-refractivity contribution in [2.75, 3.05) is 31.5 Å². The van der Waals surface area contributed by atoms with Crippen molar-refractivity contribution in [2.24, 2.45) is 0 Å². The number of hydrogen-bond acceptors (Lipinski definition) is 4. The first kappa shape index (κ1) is 22.2. The largest absolute Gasteiger partial charge is 0.337 e. The summed E-state index contributed by atoms with van der Waals surface area (Å²) in [7, 11) is 0. The predicted molar refractivity (Wildman–Crippen MR) is 127 cm³/mol. The molecular weight excluding hydrogens is 444 g/mol. The molecule has 0 unspecified atom stereocenters. The zero-order valence-corrected chi connectivity index (χ0v) is 19.0. The monoisotopic (exact) mass is 466 g/mol. The second-order valence-corrected chi connectivity index (χ2v) is 8.84. The minimum atomic E-state index is -0.191. The van der Waals surface area contributed by atoms with Gasteiger partial charge in [-0.3, -0.25) is 4.79 Å². The van der Waals surface area contributed by atoms with Crippen LogP contribution in [0.1, 0.15) is 16.8 Å². The van der Waals surface area contributed by atoms with Gasteiger partial charge >= 0.3 is 6.03 Å². The summed E-state index contributed by atoms with van der Waals surface area (Å²) >= 11 is 7.48. The quantitative estimate of drug-likeness (QED) is 0.569. The molecule has 1 aromatic heterocycles. The van der Waals surface area contributed by atoms with Crippen LogP contribution in [0.25, 0.3) is 0 Å².